The summed E-state index contributed by atoms with van der Waals surface area (Å²) in [5.41, 5.74) is 0. The molecule has 0 saturated heterocycles. The maximum absolute atomic E-state index is 4.25. The molecular weight excluding hydrogens is 258 g/mol. The van der Waals surface area contributed by atoms with Crippen LogP contribution in [0.5, 0.6) is 0 Å². The summed E-state index contributed by atoms with van der Waals surface area (Å²) in [4.78, 5) is 0. The van der Waals surface area contributed by atoms with Crippen LogP contribution in [0.15, 0.2) is 0 Å². The van der Waals surface area contributed by atoms with Gasteiger partial charge >= 0.3 is 0 Å². The van der Waals surface area contributed by atoms with Crippen LogP contribution in [0.25, 0.3) is 0 Å². The maximum Gasteiger partial charge on any atom is 0.168 e. The Bertz CT molecular complexity index is 392. The van der Waals surface area contributed by atoms with Crippen LogP contribution in [0.1, 0.15) is 57.9 Å². The molecule has 3 atom stereocenters. The Morgan fingerprint density at radius 1 is 1.37 bits per heavy atom. The van der Waals surface area contributed by atoms with E-state index in [2.05, 4.69) is 52.6 Å². The van der Waals surface area contributed by atoms with E-state index in [4.69, 9.17) is 0 Å². The SMILES string of the molecule is CSC1CCCC1n1nnnc1C(C)NCC(C)C. The van der Waals surface area contributed by atoms with Crippen molar-refractivity contribution in [3.63, 3.8) is 0 Å². The first-order valence-electron chi connectivity index (χ1n) is 7.17. The van der Waals surface area contributed by atoms with E-state index in [0.717, 1.165) is 12.4 Å². The highest BCUT2D eigenvalue weighted by Gasteiger charge is 2.31. The molecule has 1 fully saturated rings. The lowest BCUT2D eigenvalue weighted by molar-refractivity contribution is 0.406. The Morgan fingerprint density at radius 3 is 2.84 bits per heavy atom. The number of nitrogens with one attached hydrogen (secondary N) is 1. The topological polar surface area (TPSA) is 55.6 Å². The second-order valence-corrected chi connectivity index (χ2v) is 6.85. The van der Waals surface area contributed by atoms with Crippen molar-refractivity contribution in [3.8, 4) is 0 Å². The van der Waals surface area contributed by atoms with Gasteiger partial charge in [0.2, 0.25) is 0 Å². The molecule has 0 aromatic carbocycles. The fraction of sp³-hybridized carbons (Fsp3) is 0.923. The van der Waals surface area contributed by atoms with Gasteiger partial charge in [-0.15, -0.1) is 5.10 Å². The summed E-state index contributed by atoms with van der Waals surface area (Å²) in [5, 5.41) is 16.5. The van der Waals surface area contributed by atoms with Gasteiger partial charge < -0.3 is 5.32 Å². The molecule has 0 aliphatic heterocycles. The molecule has 108 valence electrons. The van der Waals surface area contributed by atoms with Crippen LogP contribution < -0.4 is 5.32 Å². The summed E-state index contributed by atoms with van der Waals surface area (Å²) in [7, 11) is 0. The normalized spacial score (nSPS) is 25.1. The summed E-state index contributed by atoms with van der Waals surface area (Å²) in [6.07, 6.45) is 5.94. The third-order valence-electron chi connectivity index (χ3n) is 3.77. The quantitative estimate of drug-likeness (QED) is 0.869. The molecule has 5 nitrogen and oxygen atoms in total. The van der Waals surface area contributed by atoms with Crippen molar-refractivity contribution in [1.82, 2.24) is 25.5 Å². The maximum atomic E-state index is 4.25. The minimum Gasteiger partial charge on any atom is -0.307 e. The molecule has 1 aromatic rings. The summed E-state index contributed by atoms with van der Waals surface area (Å²) in [6.45, 7) is 7.56. The molecule has 1 heterocycles. The number of thioether (sulfide) groups is 1. The largest absolute Gasteiger partial charge is 0.307 e. The summed E-state index contributed by atoms with van der Waals surface area (Å²) >= 11 is 1.94. The Labute approximate surface area is 119 Å². The van der Waals surface area contributed by atoms with Crippen molar-refractivity contribution < 1.29 is 0 Å². The van der Waals surface area contributed by atoms with Crippen LogP contribution in [-0.4, -0.2) is 38.3 Å². The van der Waals surface area contributed by atoms with E-state index in [1.165, 1.54) is 19.3 Å². The van der Waals surface area contributed by atoms with Crippen molar-refractivity contribution in [2.24, 2.45) is 5.92 Å². The first kappa shape index (κ1) is 14.8. The number of nitrogens with zero attached hydrogens (tertiary/aromatic N) is 4. The first-order chi connectivity index (χ1) is 9.13. The van der Waals surface area contributed by atoms with Crippen LogP contribution in [0.3, 0.4) is 0 Å². The molecule has 1 N–H and O–H groups in total. The Morgan fingerprint density at radius 2 is 2.16 bits per heavy atom. The van der Waals surface area contributed by atoms with E-state index in [-0.39, 0.29) is 6.04 Å². The summed E-state index contributed by atoms with van der Waals surface area (Å²) in [6, 6.07) is 0.670. The molecular formula is C13H25N5S. The molecule has 1 aromatic heterocycles. The molecule has 3 unspecified atom stereocenters. The lowest BCUT2D eigenvalue weighted by Crippen LogP contribution is -2.28. The van der Waals surface area contributed by atoms with E-state index in [9.17, 15) is 0 Å². The van der Waals surface area contributed by atoms with Gasteiger partial charge in [-0.3, -0.25) is 0 Å². The second kappa shape index (κ2) is 6.70. The van der Waals surface area contributed by atoms with E-state index < -0.39 is 0 Å². The standard InChI is InChI=1S/C13H25N5S/c1-9(2)8-14-10(3)13-15-16-17-18(13)11-6-5-7-12(11)19-4/h9-12,14H,5-8H2,1-4H3. The van der Waals surface area contributed by atoms with Crippen LogP contribution in [-0.2, 0) is 0 Å². The molecule has 6 heteroatoms. The van der Waals surface area contributed by atoms with Gasteiger partial charge in [-0.1, -0.05) is 20.3 Å². The lowest BCUT2D eigenvalue weighted by atomic mass is 10.2. The van der Waals surface area contributed by atoms with Crippen molar-refractivity contribution in [1.29, 1.82) is 0 Å². The van der Waals surface area contributed by atoms with Crippen LogP contribution in [0.2, 0.25) is 0 Å². The molecule has 1 saturated carbocycles. The molecule has 19 heavy (non-hydrogen) atoms. The minimum absolute atomic E-state index is 0.209. The number of rotatable bonds is 6. The fourth-order valence-corrected chi connectivity index (χ4v) is 3.65. The molecule has 1 aliphatic carbocycles. The minimum atomic E-state index is 0.209. The summed E-state index contributed by atoms with van der Waals surface area (Å²) < 4.78 is 2.06. The van der Waals surface area contributed by atoms with Gasteiger partial charge in [-0.25, -0.2) is 4.68 Å². The van der Waals surface area contributed by atoms with Crippen molar-refractivity contribution >= 4 is 11.8 Å². The number of hydrogen-bond donors (Lipinski definition) is 1. The average Bonchev–Trinajstić information content (AvgIpc) is 3.02. The van der Waals surface area contributed by atoms with E-state index in [0.29, 0.717) is 17.2 Å². The van der Waals surface area contributed by atoms with E-state index in [1.54, 1.807) is 0 Å². The molecule has 0 radical (unpaired) electrons. The highest BCUT2D eigenvalue weighted by Crippen LogP contribution is 2.37. The number of hydrogen-bond acceptors (Lipinski definition) is 5. The zero-order valence-electron chi connectivity index (χ0n) is 12.3. The Kier molecular flexibility index (Phi) is 5.21. The predicted molar refractivity (Wildman–Crippen MR) is 79.3 cm³/mol. The van der Waals surface area contributed by atoms with Gasteiger partial charge in [0.05, 0.1) is 12.1 Å². The van der Waals surface area contributed by atoms with Crippen molar-refractivity contribution in [3.05, 3.63) is 5.82 Å². The predicted octanol–water partition coefficient (Wildman–Crippen LogP) is 2.44. The van der Waals surface area contributed by atoms with Gasteiger partial charge in [-0.05, 0) is 48.9 Å². The number of aromatic nitrogens is 4. The van der Waals surface area contributed by atoms with E-state index in [1.807, 2.05) is 11.8 Å². The zero-order chi connectivity index (χ0) is 13.8. The molecule has 1 aliphatic rings. The highest BCUT2D eigenvalue weighted by atomic mass is 32.2. The van der Waals surface area contributed by atoms with Gasteiger partial charge in [-0.2, -0.15) is 11.8 Å². The van der Waals surface area contributed by atoms with E-state index >= 15 is 0 Å². The Hall–Kier alpha value is -0.620. The first-order valence-corrected chi connectivity index (χ1v) is 8.46. The lowest BCUT2D eigenvalue weighted by Gasteiger charge is -2.21. The van der Waals surface area contributed by atoms with Gasteiger partial charge in [0.15, 0.2) is 5.82 Å². The van der Waals surface area contributed by atoms with Crippen molar-refractivity contribution in [2.45, 2.75) is 57.4 Å². The van der Waals surface area contributed by atoms with Gasteiger partial charge in [0.25, 0.3) is 0 Å². The zero-order valence-corrected chi connectivity index (χ0v) is 13.2. The monoisotopic (exact) mass is 283 g/mol. The molecule has 2 rings (SSSR count). The highest BCUT2D eigenvalue weighted by molar-refractivity contribution is 7.99. The van der Waals surface area contributed by atoms with Crippen LogP contribution in [0, 0.1) is 5.92 Å². The summed E-state index contributed by atoms with van der Waals surface area (Å²) in [5.74, 6) is 1.61. The molecule has 0 spiro atoms. The van der Waals surface area contributed by atoms with Crippen LogP contribution in [0.4, 0.5) is 0 Å². The smallest absolute Gasteiger partial charge is 0.168 e. The third-order valence-corrected chi connectivity index (χ3v) is 4.93. The second-order valence-electron chi connectivity index (χ2n) is 5.78. The fourth-order valence-electron chi connectivity index (χ4n) is 2.69. The Balaban J connectivity index is 2.08. The van der Waals surface area contributed by atoms with Crippen LogP contribution >= 0.6 is 11.8 Å². The average molecular weight is 283 g/mol. The third kappa shape index (κ3) is 3.48. The molecule has 0 amide bonds. The van der Waals surface area contributed by atoms with Gasteiger partial charge in [0.1, 0.15) is 0 Å². The van der Waals surface area contributed by atoms with Crippen molar-refractivity contribution in [2.75, 3.05) is 12.8 Å². The number of tetrazole rings is 1. The molecule has 0 bridgehead atoms. The van der Waals surface area contributed by atoms with Gasteiger partial charge in [0, 0.05) is 5.25 Å².